The van der Waals surface area contributed by atoms with Crippen molar-refractivity contribution in [2.24, 2.45) is 10.8 Å². The lowest BCUT2D eigenvalue weighted by Gasteiger charge is -2.36. The molecule has 2 nitrogen and oxygen atoms in total. The van der Waals surface area contributed by atoms with Gasteiger partial charge in [0.1, 0.15) is 0 Å². The van der Waals surface area contributed by atoms with E-state index < -0.39 is 11.7 Å². The molecule has 0 aromatic heterocycles. The fraction of sp³-hybridized carbons (Fsp3) is 0.471. The zero-order valence-electron chi connectivity index (χ0n) is 13.0. The van der Waals surface area contributed by atoms with Crippen molar-refractivity contribution in [3.8, 4) is 0 Å². The molecule has 0 atom stereocenters. The van der Waals surface area contributed by atoms with Gasteiger partial charge in [0.2, 0.25) is 11.4 Å². The monoisotopic (exact) mass is 309 g/mol. The summed E-state index contributed by atoms with van der Waals surface area (Å²) < 4.78 is 39.3. The molecule has 2 aliphatic rings. The summed E-state index contributed by atoms with van der Waals surface area (Å²) in [5.41, 5.74) is 0.770. The van der Waals surface area contributed by atoms with E-state index >= 15 is 0 Å². The van der Waals surface area contributed by atoms with Crippen LogP contribution in [0.1, 0.15) is 45.2 Å². The third-order valence-corrected chi connectivity index (χ3v) is 4.37. The molecule has 1 aromatic rings. The fourth-order valence-corrected chi connectivity index (χ4v) is 3.91. The van der Waals surface area contributed by atoms with Gasteiger partial charge in [-0.3, -0.25) is 0 Å². The van der Waals surface area contributed by atoms with E-state index in [9.17, 15) is 18.4 Å². The molecule has 0 saturated heterocycles. The SMILES string of the molecule is CC1(C)C=C2C(=[N+]([O-])c3cc(C(F)(F)F)ccc32)C(C)(C)C1. The van der Waals surface area contributed by atoms with Gasteiger partial charge >= 0.3 is 6.18 Å². The van der Waals surface area contributed by atoms with Crippen LogP contribution in [0.5, 0.6) is 0 Å². The standard InChI is InChI=1S/C17H18F3NO/c1-15(2)8-12-11-6-5-10(17(18,19)20)7-13(11)21(22)14(12)16(3,4)9-15/h5-8H,9H2,1-4H3. The van der Waals surface area contributed by atoms with Gasteiger partial charge in [0, 0.05) is 6.07 Å². The second-order valence-corrected chi connectivity index (χ2v) is 7.48. The lowest BCUT2D eigenvalue weighted by molar-refractivity contribution is -0.361. The Kier molecular flexibility index (Phi) is 2.85. The Bertz CT molecular complexity index is 724. The minimum atomic E-state index is -4.45. The summed E-state index contributed by atoms with van der Waals surface area (Å²) in [5, 5.41) is 12.6. The average Bonchev–Trinajstić information content (AvgIpc) is 2.59. The molecular weight excluding hydrogens is 291 g/mol. The van der Waals surface area contributed by atoms with Crippen LogP contribution in [0.3, 0.4) is 0 Å². The molecule has 0 unspecified atom stereocenters. The smallest absolute Gasteiger partial charge is 0.416 e. The first-order valence-electron chi connectivity index (χ1n) is 7.22. The van der Waals surface area contributed by atoms with Crippen molar-refractivity contribution in [3.63, 3.8) is 0 Å². The Morgan fingerprint density at radius 1 is 1.14 bits per heavy atom. The van der Waals surface area contributed by atoms with Gasteiger partial charge in [-0.1, -0.05) is 19.9 Å². The Balaban J connectivity index is 2.26. The molecule has 22 heavy (non-hydrogen) atoms. The van der Waals surface area contributed by atoms with Gasteiger partial charge in [0.05, 0.1) is 22.1 Å². The maximum absolute atomic E-state index is 12.9. The molecule has 118 valence electrons. The predicted octanol–water partition coefficient (Wildman–Crippen LogP) is 5.14. The molecule has 5 heteroatoms. The molecule has 0 amide bonds. The topological polar surface area (TPSA) is 26.1 Å². The summed E-state index contributed by atoms with van der Waals surface area (Å²) in [4.78, 5) is 0. The first kappa shape index (κ1) is 15.1. The number of allylic oxidation sites excluding steroid dienone is 2. The molecule has 0 radical (unpaired) electrons. The normalized spacial score (nSPS) is 22.2. The van der Waals surface area contributed by atoms with Gasteiger partial charge in [-0.05, 0) is 37.8 Å². The van der Waals surface area contributed by atoms with E-state index in [1.54, 1.807) is 0 Å². The van der Waals surface area contributed by atoms with Crippen molar-refractivity contribution in [2.45, 2.75) is 40.3 Å². The lowest BCUT2D eigenvalue weighted by atomic mass is 9.65. The van der Waals surface area contributed by atoms with E-state index in [0.29, 0.717) is 16.0 Å². The largest absolute Gasteiger partial charge is 0.618 e. The van der Waals surface area contributed by atoms with E-state index in [0.717, 1.165) is 24.1 Å². The van der Waals surface area contributed by atoms with E-state index in [-0.39, 0.29) is 16.5 Å². The molecule has 3 rings (SSSR count). The molecule has 1 aromatic carbocycles. The Hall–Kier alpha value is -1.78. The number of benzene rings is 1. The quantitative estimate of drug-likeness (QED) is 0.481. The maximum Gasteiger partial charge on any atom is 0.416 e. The van der Waals surface area contributed by atoms with Crippen LogP contribution in [-0.2, 0) is 6.18 Å². The van der Waals surface area contributed by atoms with Gasteiger partial charge in [-0.15, -0.1) is 0 Å². The molecule has 0 saturated carbocycles. The van der Waals surface area contributed by atoms with Crippen LogP contribution in [-0.4, -0.2) is 10.5 Å². The number of fused-ring (bicyclic) bond motifs is 3. The zero-order chi connectivity index (χ0) is 16.5. The van der Waals surface area contributed by atoms with Crippen LogP contribution < -0.4 is 0 Å². The maximum atomic E-state index is 12.9. The van der Waals surface area contributed by atoms with Crippen molar-refractivity contribution in [3.05, 3.63) is 40.6 Å². The Morgan fingerprint density at radius 2 is 1.77 bits per heavy atom. The third-order valence-electron chi connectivity index (χ3n) is 4.37. The van der Waals surface area contributed by atoms with Crippen LogP contribution in [0.2, 0.25) is 0 Å². The molecule has 1 aliphatic heterocycles. The second-order valence-electron chi connectivity index (χ2n) is 7.48. The molecule has 0 spiro atoms. The van der Waals surface area contributed by atoms with Crippen molar-refractivity contribution in [2.75, 3.05) is 0 Å². The minimum absolute atomic E-state index is 0.0989. The first-order valence-corrected chi connectivity index (χ1v) is 7.22. The first-order chi connectivity index (χ1) is 9.92. The van der Waals surface area contributed by atoms with Gasteiger partial charge in [0.25, 0.3) is 0 Å². The van der Waals surface area contributed by atoms with E-state index in [4.69, 9.17) is 0 Å². The van der Waals surface area contributed by atoms with Gasteiger partial charge in [0.15, 0.2) is 0 Å². The molecule has 0 bridgehead atoms. The number of hydrogen-bond acceptors (Lipinski definition) is 1. The Labute approximate surface area is 127 Å². The van der Waals surface area contributed by atoms with Crippen molar-refractivity contribution < 1.29 is 17.9 Å². The highest BCUT2D eigenvalue weighted by molar-refractivity contribution is 6.27. The highest BCUT2D eigenvalue weighted by Crippen LogP contribution is 2.51. The average molecular weight is 309 g/mol. The predicted molar refractivity (Wildman–Crippen MR) is 79.9 cm³/mol. The van der Waals surface area contributed by atoms with Crippen LogP contribution in [0.15, 0.2) is 24.3 Å². The molecule has 0 N–H and O–H groups in total. The molecule has 1 heterocycles. The summed E-state index contributed by atoms with van der Waals surface area (Å²) in [5.74, 6) is 0. The number of hydrogen-bond donors (Lipinski definition) is 0. The highest BCUT2D eigenvalue weighted by atomic mass is 19.4. The van der Waals surface area contributed by atoms with Crippen molar-refractivity contribution in [1.29, 1.82) is 0 Å². The van der Waals surface area contributed by atoms with Crippen LogP contribution in [0.25, 0.3) is 5.57 Å². The fourth-order valence-electron chi connectivity index (χ4n) is 3.91. The third kappa shape index (κ3) is 2.14. The van der Waals surface area contributed by atoms with Crippen LogP contribution in [0, 0.1) is 16.0 Å². The minimum Gasteiger partial charge on any atom is -0.618 e. The van der Waals surface area contributed by atoms with Gasteiger partial charge < -0.3 is 5.21 Å². The van der Waals surface area contributed by atoms with E-state index in [2.05, 4.69) is 13.8 Å². The summed E-state index contributed by atoms with van der Waals surface area (Å²) in [6.07, 6.45) is -1.66. The molecule has 0 fully saturated rings. The number of halogens is 3. The number of alkyl halides is 3. The lowest BCUT2D eigenvalue weighted by Crippen LogP contribution is -2.36. The summed E-state index contributed by atoms with van der Waals surface area (Å²) in [6.45, 7) is 8.10. The van der Waals surface area contributed by atoms with Crippen LogP contribution in [0.4, 0.5) is 18.9 Å². The second kappa shape index (κ2) is 4.15. The summed E-state index contributed by atoms with van der Waals surface area (Å²) in [7, 11) is 0. The summed E-state index contributed by atoms with van der Waals surface area (Å²) in [6, 6.07) is 3.42. The highest BCUT2D eigenvalue weighted by Gasteiger charge is 2.48. The van der Waals surface area contributed by atoms with E-state index in [1.807, 2.05) is 19.9 Å². The van der Waals surface area contributed by atoms with E-state index in [1.165, 1.54) is 6.07 Å². The van der Waals surface area contributed by atoms with Crippen molar-refractivity contribution in [1.82, 2.24) is 0 Å². The van der Waals surface area contributed by atoms with Crippen LogP contribution >= 0.6 is 0 Å². The molecular formula is C17H18F3NO. The summed E-state index contributed by atoms with van der Waals surface area (Å²) >= 11 is 0. The van der Waals surface area contributed by atoms with Crippen molar-refractivity contribution >= 4 is 17.0 Å². The Morgan fingerprint density at radius 3 is 2.36 bits per heavy atom. The number of rotatable bonds is 0. The number of nitrogens with zero attached hydrogens (tertiary/aromatic N) is 1. The molecule has 1 aliphatic carbocycles. The van der Waals surface area contributed by atoms with Gasteiger partial charge in [-0.2, -0.15) is 17.9 Å². The zero-order valence-corrected chi connectivity index (χ0v) is 13.0. The van der Waals surface area contributed by atoms with Gasteiger partial charge in [-0.25, -0.2) is 0 Å².